The summed E-state index contributed by atoms with van der Waals surface area (Å²) in [5.74, 6) is 6.23. The van der Waals surface area contributed by atoms with Crippen molar-refractivity contribution in [2.75, 3.05) is 10.7 Å². The van der Waals surface area contributed by atoms with Crippen molar-refractivity contribution in [2.45, 2.75) is 6.92 Å². The van der Waals surface area contributed by atoms with Crippen molar-refractivity contribution in [2.24, 2.45) is 5.84 Å². The van der Waals surface area contributed by atoms with Gasteiger partial charge in [-0.3, -0.25) is 5.43 Å². The molecule has 0 bridgehead atoms. The van der Waals surface area contributed by atoms with Crippen molar-refractivity contribution in [3.05, 3.63) is 40.0 Å². The number of aryl methyl sites for hydroxylation is 1. The van der Waals surface area contributed by atoms with Crippen LogP contribution in [0.5, 0.6) is 0 Å². The molecule has 18 heavy (non-hydrogen) atoms. The number of halogens is 2. The standard InChI is InChI=1S/C11H11Cl2N5/c1-6-2-10(17-11(15-6)18-14)16-9-4-7(12)3-8(13)5-9/h2-5H,14H2,1H3,(H2,15,16,17,18). The van der Waals surface area contributed by atoms with Crippen LogP contribution in [-0.2, 0) is 0 Å². The highest BCUT2D eigenvalue weighted by Crippen LogP contribution is 2.25. The lowest BCUT2D eigenvalue weighted by Crippen LogP contribution is -2.11. The van der Waals surface area contributed by atoms with Crippen LogP contribution in [0.4, 0.5) is 17.5 Å². The van der Waals surface area contributed by atoms with E-state index in [2.05, 4.69) is 20.7 Å². The lowest BCUT2D eigenvalue weighted by atomic mass is 10.3. The van der Waals surface area contributed by atoms with Gasteiger partial charge < -0.3 is 5.32 Å². The smallest absolute Gasteiger partial charge is 0.239 e. The minimum absolute atomic E-state index is 0.339. The molecule has 0 saturated carbocycles. The number of nitrogen functional groups attached to an aromatic ring is 1. The minimum atomic E-state index is 0.339. The Morgan fingerprint density at radius 1 is 1.06 bits per heavy atom. The van der Waals surface area contributed by atoms with Crippen LogP contribution in [-0.4, -0.2) is 9.97 Å². The minimum Gasteiger partial charge on any atom is -0.340 e. The quantitative estimate of drug-likeness (QED) is 0.596. The molecule has 0 aliphatic carbocycles. The summed E-state index contributed by atoms with van der Waals surface area (Å²) in [6.07, 6.45) is 0. The van der Waals surface area contributed by atoms with E-state index < -0.39 is 0 Å². The van der Waals surface area contributed by atoms with Crippen LogP contribution in [0.1, 0.15) is 5.69 Å². The van der Waals surface area contributed by atoms with Gasteiger partial charge in [0.2, 0.25) is 5.95 Å². The SMILES string of the molecule is Cc1cc(Nc2cc(Cl)cc(Cl)c2)nc(NN)n1. The Hall–Kier alpha value is -1.56. The first kappa shape index (κ1) is 12.9. The largest absolute Gasteiger partial charge is 0.340 e. The monoisotopic (exact) mass is 283 g/mol. The van der Waals surface area contributed by atoms with Crippen LogP contribution < -0.4 is 16.6 Å². The molecule has 0 saturated heterocycles. The molecule has 94 valence electrons. The summed E-state index contributed by atoms with van der Waals surface area (Å²) in [6, 6.07) is 6.95. The maximum absolute atomic E-state index is 5.92. The van der Waals surface area contributed by atoms with Crippen LogP contribution >= 0.6 is 23.2 Å². The Kier molecular flexibility index (Phi) is 3.86. The van der Waals surface area contributed by atoms with E-state index in [9.17, 15) is 0 Å². The first-order chi connectivity index (χ1) is 8.56. The normalized spacial score (nSPS) is 10.2. The molecule has 0 aliphatic heterocycles. The molecule has 2 rings (SSSR count). The molecule has 4 N–H and O–H groups in total. The lowest BCUT2D eigenvalue weighted by molar-refractivity contribution is 1.07. The molecule has 0 amide bonds. The number of nitrogens with one attached hydrogen (secondary N) is 2. The van der Waals surface area contributed by atoms with Crippen LogP contribution in [0.2, 0.25) is 10.0 Å². The first-order valence-electron chi connectivity index (χ1n) is 5.12. The summed E-state index contributed by atoms with van der Waals surface area (Å²) in [4.78, 5) is 8.25. The second kappa shape index (κ2) is 5.39. The number of hydrogen-bond acceptors (Lipinski definition) is 5. The second-order valence-corrected chi connectivity index (χ2v) is 4.52. The van der Waals surface area contributed by atoms with Gasteiger partial charge in [-0.15, -0.1) is 0 Å². The predicted molar refractivity (Wildman–Crippen MR) is 74.3 cm³/mol. The van der Waals surface area contributed by atoms with Crippen molar-refractivity contribution < 1.29 is 0 Å². The summed E-state index contributed by atoms with van der Waals surface area (Å²) < 4.78 is 0. The predicted octanol–water partition coefficient (Wildman–Crippen LogP) is 3.12. The zero-order valence-corrected chi connectivity index (χ0v) is 11.0. The summed E-state index contributed by atoms with van der Waals surface area (Å²) in [5.41, 5.74) is 3.93. The van der Waals surface area contributed by atoms with Gasteiger partial charge in [0.25, 0.3) is 0 Å². The van der Waals surface area contributed by atoms with Gasteiger partial charge in [0.05, 0.1) is 0 Å². The number of hydrogen-bond donors (Lipinski definition) is 3. The van der Waals surface area contributed by atoms with Gasteiger partial charge in [0.1, 0.15) is 5.82 Å². The number of aromatic nitrogens is 2. The molecule has 0 aliphatic rings. The third kappa shape index (κ3) is 3.22. The molecule has 0 radical (unpaired) electrons. The Morgan fingerprint density at radius 3 is 2.33 bits per heavy atom. The fourth-order valence-corrected chi connectivity index (χ4v) is 2.00. The topological polar surface area (TPSA) is 75.9 Å². The van der Waals surface area contributed by atoms with Crippen molar-refractivity contribution in [3.63, 3.8) is 0 Å². The maximum atomic E-state index is 5.92. The number of nitrogens with zero attached hydrogens (tertiary/aromatic N) is 2. The first-order valence-corrected chi connectivity index (χ1v) is 5.88. The highest BCUT2D eigenvalue weighted by atomic mass is 35.5. The molecule has 0 unspecified atom stereocenters. The van der Waals surface area contributed by atoms with Crippen LogP contribution in [0.15, 0.2) is 24.3 Å². The summed E-state index contributed by atoms with van der Waals surface area (Å²) in [6.45, 7) is 1.85. The van der Waals surface area contributed by atoms with E-state index >= 15 is 0 Å². The van der Waals surface area contributed by atoms with Gasteiger partial charge >= 0.3 is 0 Å². The third-order valence-electron chi connectivity index (χ3n) is 2.12. The molecule has 5 nitrogen and oxygen atoms in total. The zero-order valence-electron chi connectivity index (χ0n) is 9.54. The maximum Gasteiger partial charge on any atom is 0.239 e. The average molecular weight is 284 g/mol. The van der Waals surface area contributed by atoms with E-state index in [0.29, 0.717) is 21.8 Å². The van der Waals surface area contributed by atoms with E-state index in [-0.39, 0.29) is 0 Å². The average Bonchev–Trinajstić information content (AvgIpc) is 2.26. The number of rotatable bonds is 3. The highest BCUT2D eigenvalue weighted by molar-refractivity contribution is 6.35. The van der Waals surface area contributed by atoms with Gasteiger partial charge in [-0.25, -0.2) is 10.8 Å². The second-order valence-electron chi connectivity index (χ2n) is 3.65. The molecule has 7 heteroatoms. The van der Waals surface area contributed by atoms with E-state index in [1.54, 1.807) is 24.3 Å². The lowest BCUT2D eigenvalue weighted by Gasteiger charge is -2.08. The van der Waals surface area contributed by atoms with Crippen molar-refractivity contribution in [3.8, 4) is 0 Å². The molecule has 1 aromatic heterocycles. The third-order valence-corrected chi connectivity index (χ3v) is 2.55. The van der Waals surface area contributed by atoms with Crippen molar-refractivity contribution >= 4 is 40.7 Å². The van der Waals surface area contributed by atoms with Gasteiger partial charge in [0, 0.05) is 27.5 Å². The van der Waals surface area contributed by atoms with E-state index in [0.717, 1.165) is 11.4 Å². The summed E-state index contributed by atoms with van der Waals surface area (Å²) in [5, 5.41) is 4.18. The Balaban J connectivity index is 2.30. The Bertz CT molecular complexity index is 553. The highest BCUT2D eigenvalue weighted by Gasteiger charge is 2.03. The summed E-state index contributed by atoms with van der Waals surface area (Å²) >= 11 is 11.8. The number of nitrogens with two attached hydrogens (primary N) is 1. The van der Waals surface area contributed by atoms with Crippen LogP contribution in [0.3, 0.4) is 0 Å². The van der Waals surface area contributed by atoms with Crippen LogP contribution in [0.25, 0.3) is 0 Å². The van der Waals surface area contributed by atoms with Gasteiger partial charge in [-0.1, -0.05) is 23.2 Å². The van der Waals surface area contributed by atoms with Crippen LogP contribution in [0, 0.1) is 6.92 Å². The van der Waals surface area contributed by atoms with E-state index in [4.69, 9.17) is 29.0 Å². The molecular weight excluding hydrogens is 273 g/mol. The van der Waals surface area contributed by atoms with Gasteiger partial charge in [-0.05, 0) is 25.1 Å². The Labute approximate surface area is 114 Å². The van der Waals surface area contributed by atoms with Crippen molar-refractivity contribution in [1.29, 1.82) is 0 Å². The van der Waals surface area contributed by atoms with Crippen molar-refractivity contribution in [1.82, 2.24) is 9.97 Å². The molecular formula is C11H11Cl2N5. The number of benzene rings is 1. The molecule has 0 fully saturated rings. The molecule has 1 aromatic carbocycles. The fourth-order valence-electron chi connectivity index (χ4n) is 1.47. The summed E-state index contributed by atoms with van der Waals surface area (Å²) in [7, 11) is 0. The van der Waals surface area contributed by atoms with Gasteiger partial charge in [-0.2, -0.15) is 4.98 Å². The van der Waals surface area contributed by atoms with E-state index in [1.807, 2.05) is 6.92 Å². The molecule has 0 spiro atoms. The molecule has 0 atom stereocenters. The fraction of sp³-hybridized carbons (Fsp3) is 0.0909. The zero-order chi connectivity index (χ0) is 13.1. The number of anilines is 3. The van der Waals surface area contributed by atoms with E-state index in [1.165, 1.54) is 0 Å². The molecule has 1 heterocycles. The molecule has 2 aromatic rings. The number of hydrazine groups is 1. The Morgan fingerprint density at radius 2 is 1.72 bits per heavy atom. The van der Waals surface area contributed by atoms with Gasteiger partial charge in [0.15, 0.2) is 0 Å².